The molecule has 0 radical (unpaired) electrons. The number of ether oxygens (including phenoxy) is 1. The lowest BCUT2D eigenvalue weighted by atomic mass is 10.1. The molecule has 2 aromatic heterocycles. The van der Waals surface area contributed by atoms with Crippen LogP contribution < -0.4 is 9.64 Å². The number of carbonyl (C=O) groups is 2. The molecule has 0 aliphatic rings. The lowest BCUT2D eigenvalue weighted by Gasteiger charge is -2.22. The zero-order chi connectivity index (χ0) is 25.3. The summed E-state index contributed by atoms with van der Waals surface area (Å²) in [6.07, 6.45) is -3.11. The summed E-state index contributed by atoms with van der Waals surface area (Å²) in [6.45, 7) is 1.98. The van der Waals surface area contributed by atoms with E-state index in [1.54, 1.807) is 35.8 Å². The van der Waals surface area contributed by atoms with Crippen molar-refractivity contribution in [2.24, 2.45) is 0 Å². The molecule has 2 aromatic carbocycles. The van der Waals surface area contributed by atoms with Crippen molar-refractivity contribution in [3.63, 3.8) is 0 Å². The Bertz CT molecular complexity index is 1420. The monoisotopic (exact) mass is 501 g/mol. The first-order chi connectivity index (χ1) is 16.6. The Morgan fingerprint density at radius 2 is 1.86 bits per heavy atom. The number of hydrogen-bond acceptors (Lipinski definition) is 4. The summed E-state index contributed by atoms with van der Waals surface area (Å²) in [5.74, 6) is -0.783. The summed E-state index contributed by atoms with van der Waals surface area (Å²) < 4.78 is 47.7. The van der Waals surface area contributed by atoms with Crippen LogP contribution >= 0.6 is 11.6 Å². The molecule has 0 spiro atoms. The van der Waals surface area contributed by atoms with Gasteiger partial charge in [-0.3, -0.25) is 14.5 Å². The van der Waals surface area contributed by atoms with Crippen LogP contribution in [0.5, 0.6) is 5.88 Å². The topological polar surface area (TPSA) is 64.4 Å². The molecule has 0 N–H and O–H groups in total. The zero-order valence-electron chi connectivity index (χ0n) is 18.6. The van der Waals surface area contributed by atoms with Crippen molar-refractivity contribution in [1.29, 1.82) is 0 Å². The molecule has 180 valence electrons. The van der Waals surface area contributed by atoms with Crippen LogP contribution in [0.1, 0.15) is 16.8 Å². The average molecular weight is 502 g/mol. The number of aldehydes is 1. The lowest BCUT2D eigenvalue weighted by Crippen LogP contribution is -2.27. The van der Waals surface area contributed by atoms with Gasteiger partial charge in [0.1, 0.15) is 0 Å². The van der Waals surface area contributed by atoms with Crippen molar-refractivity contribution in [3.8, 4) is 5.88 Å². The molecule has 6 nitrogen and oxygen atoms in total. The third-order valence-corrected chi connectivity index (χ3v) is 5.85. The molecule has 0 saturated heterocycles. The van der Waals surface area contributed by atoms with Crippen molar-refractivity contribution in [2.45, 2.75) is 19.6 Å². The van der Waals surface area contributed by atoms with Crippen LogP contribution in [0.4, 0.5) is 24.5 Å². The maximum atomic E-state index is 13.6. The minimum atomic E-state index is -4.60. The number of fused-ring (bicyclic) bond motifs is 1. The van der Waals surface area contributed by atoms with Gasteiger partial charge in [0.25, 0.3) is 5.91 Å². The first kappa shape index (κ1) is 24.3. The third-order valence-electron chi connectivity index (χ3n) is 5.60. The molecule has 4 aromatic rings. The van der Waals surface area contributed by atoms with E-state index in [0.717, 1.165) is 22.6 Å². The molecular weight excluding hydrogens is 483 g/mol. The predicted octanol–water partition coefficient (Wildman–Crippen LogP) is 5.94. The molecule has 0 atom stereocenters. The Labute approximate surface area is 203 Å². The fourth-order valence-corrected chi connectivity index (χ4v) is 4.09. The van der Waals surface area contributed by atoms with Crippen molar-refractivity contribution in [1.82, 2.24) is 9.55 Å². The third kappa shape index (κ3) is 4.72. The van der Waals surface area contributed by atoms with E-state index in [9.17, 15) is 22.8 Å². The normalized spacial score (nSPS) is 11.5. The summed E-state index contributed by atoms with van der Waals surface area (Å²) in [4.78, 5) is 29.5. The minimum absolute atomic E-state index is 0.113. The first-order valence-corrected chi connectivity index (χ1v) is 10.8. The second-order valence-electron chi connectivity index (χ2n) is 7.72. The SMILES string of the molecule is COc1cc(N(C(=O)C=O)c2c(C)n(Cc3ccc(Cl)cc3)c3ccc(C(F)(F)F)cc23)ccn1. The van der Waals surface area contributed by atoms with Crippen molar-refractivity contribution in [3.05, 3.63) is 82.6 Å². The van der Waals surface area contributed by atoms with Crippen molar-refractivity contribution < 1.29 is 27.5 Å². The van der Waals surface area contributed by atoms with Gasteiger partial charge in [-0.2, -0.15) is 13.2 Å². The van der Waals surface area contributed by atoms with E-state index in [2.05, 4.69) is 4.98 Å². The van der Waals surface area contributed by atoms with E-state index in [1.165, 1.54) is 31.5 Å². The van der Waals surface area contributed by atoms with E-state index in [0.29, 0.717) is 22.8 Å². The number of carbonyl (C=O) groups excluding carboxylic acids is 2. The minimum Gasteiger partial charge on any atom is -0.481 e. The van der Waals surface area contributed by atoms with E-state index >= 15 is 0 Å². The summed E-state index contributed by atoms with van der Waals surface area (Å²) in [6, 6.07) is 13.3. The molecule has 2 heterocycles. The molecule has 4 rings (SSSR count). The standard InChI is InChI=1S/C25H19ClF3N3O3/c1-15-24(32(23(34)14-33)19-9-10-30-22(12-19)35-2)20-11-17(25(27,28)29)5-8-21(20)31(15)13-16-3-6-18(26)7-4-16/h3-12,14H,13H2,1-2H3. The number of anilines is 2. The van der Waals surface area contributed by atoms with Crippen LogP contribution in [0.2, 0.25) is 5.02 Å². The number of nitrogens with zero attached hydrogens (tertiary/aromatic N) is 3. The largest absolute Gasteiger partial charge is 0.481 e. The van der Waals surface area contributed by atoms with Gasteiger partial charge in [0.2, 0.25) is 12.2 Å². The smallest absolute Gasteiger partial charge is 0.416 e. The second kappa shape index (κ2) is 9.42. The highest BCUT2D eigenvalue weighted by molar-refractivity contribution is 6.34. The number of halogens is 4. The quantitative estimate of drug-likeness (QED) is 0.242. The highest BCUT2D eigenvalue weighted by atomic mass is 35.5. The summed E-state index contributed by atoms with van der Waals surface area (Å²) in [5, 5.41) is 0.713. The van der Waals surface area contributed by atoms with Gasteiger partial charge in [0.15, 0.2) is 0 Å². The number of hydrogen-bond donors (Lipinski definition) is 0. The van der Waals surface area contributed by atoms with Gasteiger partial charge in [-0.15, -0.1) is 0 Å². The number of methoxy groups -OCH3 is 1. The van der Waals surface area contributed by atoms with E-state index in [1.807, 2.05) is 0 Å². The van der Waals surface area contributed by atoms with Gasteiger partial charge in [-0.05, 0) is 48.9 Å². The van der Waals surface area contributed by atoms with Crippen molar-refractivity contribution >= 4 is 46.1 Å². The molecule has 0 saturated carbocycles. The molecule has 0 fully saturated rings. The number of benzene rings is 2. The fourth-order valence-electron chi connectivity index (χ4n) is 3.97. The molecule has 0 bridgehead atoms. The maximum Gasteiger partial charge on any atom is 0.416 e. The predicted molar refractivity (Wildman–Crippen MR) is 126 cm³/mol. The molecule has 35 heavy (non-hydrogen) atoms. The number of amides is 1. The zero-order valence-corrected chi connectivity index (χ0v) is 19.4. The first-order valence-electron chi connectivity index (χ1n) is 10.4. The van der Waals surface area contributed by atoms with Gasteiger partial charge in [-0.1, -0.05) is 23.7 Å². The molecule has 10 heteroatoms. The van der Waals surface area contributed by atoms with Gasteiger partial charge in [-0.25, -0.2) is 4.98 Å². The van der Waals surface area contributed by atoms with Gasteiger partial charge < -0.3 is 9.30 Å². The highest BCUT2D eigenvalue weighted by Gasteiger charge is 2.33. The number of alkyl halides is 3. The molecule has 0 aliphatic carbocycles. The summed E-state index contributed by atoms with van der Waals surface area (Å²) in [5.41, 5.74) is 1.30. The lowest BCUT2D eigenvalue weighted by molar-refractivity contribution is -0.137. The van der Waals surface area contributed by atoms with Crippen LogP contribution in [-0.2, 0) is 22.3 Å². The average Bonchev–Trinajstić information content (AvgIpc) is 3.11. The Morgan fingerprint density at radius 1 is 1.14 bits per heavy atom. The van der Waals surface area contributed by atoms with E-state index in [4.69, 9.17) is 16.3 Å². The summed E-state index contributed by atoms with van der Waals surface area (Å²) in [7, 11) is 1.39. The van der Waals surface area contributed by atoms with Crippen LogP contribution in [0.15, 0.2) is 60.8 Å². The van der Waals surface area contributed by atoms with Crippen LogP contribution in [0, 0.1) is 6.92 Å². The molecular formula is C25H19ClF3N3O3. The van der Waals surface area contributed by atoms with E-state index < -0.39 is 17.6 Å². The Hall–Kier alpha value is -3.85. The molecule has 0 aliphatic heterocycles. The maximum absolute atomic E-state index is 13.6. The number of pyridine rings is 1. The van der Waals surface area contributed by atoms with Crippen LogP contribution in [0.3, 0.4) is 0 Å². The summed E-state index contributed by atoms with van der Waals surface area (Å²) >= 11 is 5.98. The highest BCUT2D eigenvalue weighted by Crippen LogP contribution is 2.41. The Balaban J connectivity index is 2.01. The molecule has 0 unspecified atom stereocenters. The van der Waals surface area contributed by atoms with Crippen LogP contribution in [-0.4, -0.2) is 28.9 Å². The van der Waals surface area contributed by atoms with Gasteiger partial charge in [0.05, 0.1) is 29.6 Å². The van der Waals surface area contributed by atoms with Gasteiger partial charge >= 0.3 is 6.18 Å². The van der Waals surface area contributed by atoms with E-state index in [-0.39, 0.29) is 28.9 Å². The van der Waals surface area contributed by atoms with Crippen LogP contribution in [0.25, 0.3) is 10.9 Å². The molecule has 1 amide bonds. The number of aromatic nitrogens is 2. The fraction of sp³-hybridized carbons (Fsp3) is 0.160. The second-order valence-corrected chi connectivity index (χ2v) is 8.16. The Morgan fingerprint density at radius 3 is 2.49 bits per heavy atom. The van der Waals surface area contributed by atoms with Crippen molar-refractivity contribution in [2.75, 3.05) is 12.0 Å². The van der Waals surface area contributed by atoms with Gasteiger partial charge in [0, 0.05) is 34.9 Å². The number of rotatable bonds is 6. The Kier molecular flexibility index (Phi) is 6.53.